The standard InChI is InChI=1S/C24H26N2O3/c1-17-12-23(28)21-4-2-3-5-22(21)26(17)15-24(29)25-11-10-20(14-25)13-18-6-8-19(16-27)9-7-18/h2-9,12,20,27H,10-11,13-16H2,1H3/t20-/m0/s1. The van der Waals surface area contributed by atoms with Gasteiger partial charge in [-0.1, -0.05) is 36.4 Å². The van der Waals surface area contributed by atoms with Crippen molar-refractivity contribution in [3.8, 4) is 0 Å². The predicted octanol–water partition coefficient (Wildman–Crippen LogP) is 2.89. The maximum absolute atomic E-state index is 13.0. The van der Waals surface area contributed by atoms with Crippen LogP contribution in [0.15, 0.2) is 59.4 Å². The molecule has 5 nitrogen and oxygen atoms in total. The minimum absolute atomic E-state index is 0.00440. The summed E-state index contributed by atoms with van der Waals surface area (Å²) in [6.07, 6.45) is 1.94. The first-order chi connectivity index (χ1) is 14.0. The number of benzene rings is 2. The van der Waals surface area contributed by atoms with Gasteiger partial charge in [0.05, 0.1) is 12.1 Å². The molecule has 4 rings (SSSR count). The molecule has 1 aliphatic heterocycles. The van der Waals surface area contributed by atoms with Gasteiger partial charge in [0.15, 0.2) is 5.43 Å². The molecule has 2 heterocycles. The number of aliphatic hydroxyl groups is 1. The van der Waals surface area contributed by atoms with Crippen LogP contribution < -0.4 is 5.43 Å². The molecule has 5 heteroatoms. The third-order valence-electron chi connectivity index (χ3n) is 5.89. The fraction of sp³-hybridized carbons (Fsp3) is 0.333. The van der Waals surface area contributed by atoms with E-state index in [4.69, 9.17) is 5.11 Å². The molecule has 0 aliphatic carbocycles. The van der Waals surface area contributed by atoms with E-state index in [1.807, 2.05) is 52.8 Å². The van der Waals surface area contributed by atoms with E-state index in [1.54, 1.807) is 6.07 Å². The zero-order chi connectivity index (χ0) is 20.4. The summed E-state index contributed by atoms with van der Waals surface area (Å²) in [7, 11) is 0. The lowest BCUT2D eigenvalue weighted by molar-refractivity contribution is -0.130. The number of para-hydroxylation sites is 1. The molecule has 1 saturated heterocycles. The lowest BCUT2D eigenvalue weighted by atomic mass is 9.98. The zero-order valence-electron chi connectivity index (χ0n) is 16.7. The van der Waals surface area contributed by atoms with E-state index in [2.05, 4.69) is 12.1 Å². The number of aromatic nitrogens is 1. The summed E-state index contributed by atoms with van der Waals surface area (Å²) in [6, 6.07) is 17.1. The van der Waals surface area contributed by atoms with Crippen molar-refractivity contribution in [3.63, 3.8) is 0 Å². The highest BCUT2D eigenvalue weighted by molar-refractivity contribution is 5.82. The lowest BCUT2D eigenvalue weighted by Gasteiger charge is -2.20. The Morgan fingerprint density at radius 2 is 1.83 bits per heavy atom. The molecular weight excluding hydrogens is 364 g/mol. The van der Waals surface area contributed by atoms with E-state index >= 15 is 0 Å². The van der Waals surface area contributed by atoms with Gasteiger partial charge in [0.2, 0.25) is 5.91 Å². The Balaban J connectivity index is 1.45. The number of carbonyl (C=O) groups is 1. The smallest absolute Gasteiger partial charge is 0.242 e. The fourth-order valence-electron chi connectivity index (χ4n) is 4.24. The topological polar surface area (TPSA) is 62.5 Å². The van der Waals surface area contributed by atoms with Gasteiger partial charge in [0.1, 0.15) is 6.54 Å². The Hall–Kier alpha value is -2.92. The monoisotopic (exact) mass is 390 g/mol. The summed E-state index contributed by atoms with van der Waals surface area (Å²) in [6.45, 7) is 3.73. The van der Waals surface area contributed by atoms with E-state index in [0.29, 0.717) is 11.3 Å². The minimum atomic E-state index is -0.00440. The molecule has 1 N–H and O–H groups in total. The molecule has 1 atom stereocenters. The van der Waals surface area contributed by atoms with E-state index in [-0.39, 0.29) is 24.5 Å². The first-order valence-electron chi connectivity index (χ1n) is 10.1. The van der Waals surface area contributed by atoms with Gasteiger partial charge in [0, 0.05) is 30.2 Å². The van der Waals surface area contributed by atoms with Crippen molar-refractivity contribution >= 4 is 16.8 Å². The lowest BCUT2D eigenvalue weighted by Crippen LogP contribution is -2.33. The number of rotatable bonds is 5. The number of nitrogens with zero attached hydrogens (tertiary/aromatic N) is 2. The Morgan fingerprint density at radius 3 is 2.59 bits per heavy atom. The van der Waals surface area contributed by atoms with Crippen LogP contribution >= 0.6 is 0 Å². The Kier molecular flexibility index (Phi) is 5.49. The molecule has 29 heavy (non-hydrogen) atoms. The molecule has 0 radical (unpaired) electrons. The van der Waals surface area contributed by atoms with Gasteiger partial charge in [-0.3, -0.25) is 9.59 Å². The van der Waals surface area contributed by atoms with Crippen molar-refractivity contribution in [3.05, 3.63) is 81.6 Å². The van der Waals surface area contributed by atoms with Crippen LogP contribution in [0.4, 0.5) is 0 Å². The van der Waals surface area contributed by atoms with E-state index in [1.165, 1.54) is 5.56 Å². The van der Waals surface area contributed by atoms with Crippen molar-refractivity contribution in [2.24, 2.45) is 5.92 Å². The van der Waals surface area contributed by atoms with Crippen molar-refractivity contribution in [1.82, 2.24) is 9.47 Å². The predicted molar refractivity (Wildman–Crippen MR) is 114 cm³/mol. The molecule has 0 unspecified atom stereocenters. The molecular formula is C24H26N2O3. The van der Waals surface area contributed by atoms with Gasteiger partial charge in [0.25, 0.3) is 0 Å². The summed E-state index contributed by atoms with van der Waals surface area (Å²) in [5.41, 5.74) is 3.77. The van der Waals surface area contributed by atoms with Crippen LogP contribution in [0.3, 0.4) is 0 Å². The van der Waals surface area contributed by atoms with E-state index < -0.39 is 0 Å². The maximum atomic E-state index is 13.0. The zero-order valence-corrected chi connectivity index (χ0v) is 16.7. The molecule has 150 valence electrons. The molecule has 0 bridgehead atoms. The molecule has 1 aliphatic rings. The Labute approximate surface area is 170 Å². The second-order valence-corrected chi connectivity index (χ2v) is 7.93. The summed E-state index contributed by atoms with van der Waals surface area (Å²) >= 11 is 0. The van der Waals surface area contributed by atoms with Gasteiger partial charge < -0.3 is 14.6 Å². The SMILES string of the molecule is Cc1cc(=O)c2ccccc2n1CC(=O)N1CC[C@@H](Cc2ccc(CO)cc2)C1. The maximum Gasteiger partial charge on any atom is 0.242 e. The highest BCUT2D eigenvalue weighted by Crippen LogP contribution is 2.22. The van der Waals surface area contributed by atoms with Crippen LogP contribution in [0.25, 0.3) is 10.9 Å². The first-order valence-corrected chi connectivity index (χ1v) is 10.1. The Bertz CT molecular complexity index is 1090. The molecule has 3 aromatic rings. The summed E-state index contributed by atoms with van der Waals surface area (Å²) < 4.78 is 1.94. The van der Waals surface area contributed by atoms with Crippen molar-refractivity contribution in [2.45, 2.75) is 32.9 Å². The average molecular weight is 390 g/mol. The summed E-state index contributed by atoms with van der Waals surface area (Å²) in [4.78, 5) is 27.1. The normalized spacial score (nSPS) is 16.5. The highest BCUT2D eigenvalue weighted by atomic mass is 16.3. The Morgan fingerprint density at radius 1 is 1.10 bits per heavy atom. The summed E-state index contributed by atoms with van der Waals surface area (Å²) in [5.74, 6) is 0.547. The van der Waals surface area contributed by atoms with E-state index in [9.17, 15) is 9.59 Å². The van der Waals surface area contributed by atoms with Gasteiger partial charge in [-0.2, -0.15) is 0 Å². The molecule has 1 aromatic heterocycles. The summed E-state index contributed by atoms with van der Waals surface area (Å²) in [5, 5.41) is 9.82. The largest absolute Gasteiger partial charge is 0.392 e. The number of aliphatic hydroxyl groups excluding tert-OH is 1. The number of hydrogen-bond acceptors (Lipinski definition) is 3. The second-order valence-electron chi connectivity index (χ2n) is 7.93. The molecule has 2 aromatic carbocycles. The molecule has 1 fully saturated rings. The number of likely N-dealkylation sites (tertiary alicyclic amines) is 1. The average Bonchev–Trinajstić information content (AvgIpc) is 3.20. The van der Waals surface area contributed by atoms with Gasteiger partial charge in [-0.25, -0.2) is 0 Å². The third-order valence-corrected chi connectivity index (χ3v) is 5.89. The number of hydrogen-bond donors (Lipinski definition) is 1. The number of pyridine rings is 1. The van der Waals surface area contributed by atoms with Crippen LogP contribution in [0.2, 0.25) is 0 Å². The van der Waals surface area contributed by atoms with Crippen molar-refractivity contribution in [2.75, 3.05) is 13.1 Å². The van der Waals surface area contributed by atoms with Crippen LogP contribution in [-0.4, -0.2) is 33.6 Å². The number of amides is 1. The molecule has 1 amide bonds. The van der Waals surface area contributed by atoms with Crippen LogP contribution in [0.1, 0.15) is 23.2 Å². The third kappa shape index (κ3) is 4.10. The van der Waals surface area contributed by atoms with E-state index in [0.717, 1.165) is 42.7 Å². The van der Waals surface area contributed by atoms with Crippen molar-refractivity contribution in [1.29, 1.82) is 0 Å². The highest BCUT2D eigenvalue weighted by Gasteiger charge is 2.26. The molecule has 0 spiro atoms. The van der Waals surface area contributed by atoms with Crippen LogP contribution in [-0.2, 0) is 24.4 Å². The van der Waals surface area contributed by atoms with Crippen LogP contribution in [0, 0.1) is 12.8 Å². The minimum Gasteiger partial charge on any atom is -0.392 e. The van der Waals surface area contributed by atoms with Crippen molar-refractivity contribution < 1.29 is 9.90 Å². The molecule has 0 saturated carbocycles. The number of aryl methyl sites for hydroxylation is 1. The van der Waals surface area contributed by atoms with Gasteiger partial charge >= 0.3 is 0 Å². The van der Waals surface area contributed by atoms with Crippen LogP contribution in [0.5, 0.6) is 0 Å². The van der Waals surface area contributed by atoms with Gasteiger partial charge in [-0.05, 0) is 48.9 Å². The fourth-order valence-corrected chi connectivity index (χ4v) is 4.24. The van der Waals surface area contributed by atoms with Gasteiger partial charge in [-0.15, -0.1) is 0 Å². The quantitative estimate of drug-likeness (QED) is 0.729. The number of fused-ring (bicyclic) bond motifs is 1. The second kappa shape index (κ2) is 8.21. The first kappa shape index (κ1) is 19.4. The number of carbonyl (C=O) groups excluding carboxylic acids is 1.